The van der Waals surface area contributed by atoms with E-state index in [-0.39, 0.29) is 6.10 Å². The maximum absolute atomic E-state index is 11.7. The first-order chi connectivity index (χ1) is 8.35. The molecular formula is C13H19N2O3+. The number of aliphatic hydroxyl groups is 1. The second-order valence-corrected chi connectivity index (χ2v) is 5.51. The number of pyridine rings is 1. The number of anilines is 1. The number of carbonyl (C=O) groups is 1. The van der Waals surface area contributed by atoms with E-state index in [0.717, 1.165) is 5.69 Å². The van der Waals surface area contributed by atoms with E-state index in [9.17, 15) is 9.90 Å². The van der Waals surface area contributed by atoms with Crippen molar-refractivity contribution in [3.05, 3.63) is 24.0 Å². The number of aliphatic hydroxyl groups excluding tert-OH is 1. The normalized spacial score (nSPS) is 18.3. The molecule has 2 rings (SSSR count). The molecule has 2 N–H and O–H groups in total. The summed E-state index contributed by atoms with van der Waals surface area (Å²) < 4.78 is 7.15. The zero-order valence-corrected chi connectivity index (χ0v) is 10.9. The average Bonchev–Trinajstić information content (AvgIpc) is 2.56. The number of ether oxygens (including phenoxy) is 1. The van der Waals surface area contributed by atoms with Gasteiger partial charge in [0.25, 0.3) is 0 Å². The largest absolute Gasteiger partial charge is 0.444 e. The van der Waals surface area contributed by atoms with Crippen molar-refractivity contribution in [2.24, 2.45) is 0 Å². The Hall–Kier alpha value is -1.62. The highest BCUT2D eigenvalue weighted by molar-refractivity contribution is 5.85. The second-order valence-electron chi connectivity index (χ2n) is 5.51. The molecule has 1 aromatic rings. The fraction of sp³-hybridized carbons (Fsp3) is 0.538. The molecule has 0 bridgehead atoms. The standard InChI is InChI=1S/C13H18N2O3/c1-13(2,3)18-12(17)14-10-5-4-6-15-8-9(16)7-11(10)15/h4-6,9,16H,7-8H2,1-3H3/p+1/t9-/m0/s1. The predicted molar refractivity (Wildman–Crippen MR) is 66.2 cm³/mol. The number of carbonyl (C=O) groups excluding carboxylic acids is 1. The van der Waals surface area contributed by atoms with Gasteiger partial charge in [-0.1, -0.05) is 0 Å². The zero-order valence-electron chi connectivity index (χ0n) is 10.9. The van der Waals surface area contributed by atoms with Crippen molar-refractivity contribution in [3.63, 3.8) is 0 Å². The molecule has 0 radical (unpaired) electrons. The molecule has 0 aliphatic carbocycles. The van der Waals surface area contributed by atoms with Gasteiger partial charge in [0.2, 0.25) is 5.69 Å². The molecule has 5 heteroatoms. The Morgan fingerprint density at radius 2 is 2.28 bits per heavy atom. The van der Waals surface area contributed by atoms with Gasteiger partial charge in [-0.15, -0.1) is 0 Å². The number of rotatable bonds is 1. The fourth-order valence-corrected chi connectivity index (χ4v) is 2.02. The summed E-state index contributed by atoms with van der Waals surface area (Å²) >= 11 is 0. The second kappa shape index (κ2) is 4.57. The van der Waals surface area contributed by atoms with Crippen LogP contribution in [0.3, 0.4) is 0 Å². The van der Waals surface area contributed by atoms with Gasteiger partial charge < -0.3 is 9.84 Å². The Bertz CT molecular complexity index is 466. The van der Waals surface area contributed by atoms with Crippen molar-refractivity contribution in [2.45, 2.75) is 45.4 Å². The minimum atomic E-state index is -0.519. The van der Waals surface area contributed by atoms with Crippen molar-refractivity contribution in [2.75, 3.05) is 5.32 Å². The van der Waals surface area contributed by atoms with E-state index in [2.05, 4.69) is 5.32 Å². The van der Waals surface area contributed by atoms with Gasteiger partial charge in [-0.3, -0.25) is 5.32 Å². The molecule has 2 heterocycles. The molecule has 1 aromatic heterocycles. The molecular weight excluding hydrogens is 232 g/mol. The smallest absolute Gasteiger partial charge is 0.412 e. The molecule has 1 aliphatic rings. The molecule has 0 unspecified atom stereocenters. The van der Waals surface area contributed by atoms with Gasteiger partial charge in [-0.05, 0) is 26.8 Å². The number of aromatic nitrogens is 1. The third-order valence-corrected chi connectivity index (χ3v) is 2.66. The number of amides is 1. The van der Waals surface area contributed by atoms with Crippen LogP contribution in [-0.2, 0) is 17.7 Å². The summed E-state index contributed by atoms with van der Waals surface area (Å²) in [5, 5.41) is 12.4. The third-order valence-electron chi connectivity index (χ3n) is 2.66. The first kappa shape index (κ1) is 12.8. The Kier molecular flexibility index (Phi) is 3.26. The van der Waals surface area contributed by atoms with E-state index in [1.165, 1.54) is 0 Å². The van der Waals surface area contributed by atoms with E-state index >= 15 is 0 Å². The highest BCUT2D eigenvalue weighted by atomic mass is 16.6. The number of fused-ring (bicyclic) bond motifs is 1. The van der Waals surface area contributed by atoms with E-state index in [4.69, 9.17) is 4.74 Å². The van der Waals surface area contributed by atoms with Crippen LogP contribution in [0.1, 0.15) is 26.5 Å². The highest BCUT2D eigenvalue weighted by Crippen LogP contribution is 2.18. The molecule has 98 valence electrons. The Balaban J connectivity index is 2.12. The van der Waals surface area contributed by atoms with Crippen LogP contribution in [0.15, 0.2) is 18.3 Å². The summed E-state index contributed by atoms with van der Waals surface area (Å²) in [5.41, 5.74) is 1.11. The third kappa shape index (κ3) is 2.98. The lowest BCUT2D eigenvalue weighted by Crippen LogP contribution is -2.36. The molecule has 1 aliphatic heterocycles. The van der Waals surface area contributed by atoms with Crippen LogP contribution in [0, 0.1) is 0 Å². The van der Waals surface area contributed by atoms with Gasteiger partial charge in [-0.25, -0.2) is 4.79 Å². The Morgan fingerprint density at radius 1 is 1.56 bits per heavy atom. The van der Waals surface area contributed by atoms with E-state index in [0.29, 0.717) is 18.7 Å². The maximum atomic E-state index is 11.7. The predicted octanol–water partition coefficient (Wildman–Crippen LogP) is 1.24. The molecule has 0 spiro atoms. The van der Waals surface area contributed by atoms with Crippen LogP contribution in [0.5, 0.6) is 0 Å². The number of nitrogens with zero attached hydrogens (tertiary/aromatic N) is 1. The lowest BCUT2D eigenvalue weighted by atomic mass is 10.2. The van der Waals surface area contributed by atoms with Crippen molar-refractivity contribution >= 4 is 11.8 Å². The van der Waals surface area contributed by atoms with Crippen molar-refractivity contribution in [1.29, 1.82) is 0 Å². The number of nitrogens with one attached hydrogen (secondary N) is 1. The van der Waals surface area contributed by atoms with Crippen LogP contribution < -0.4 is 9.88 Å². The van der Waals surface area contributed by atoms with E-state index < -0.39 is 11.7 Å². The summed E-state index contributed by atoms with van der Waals surface area (Å²) in [6, 6.07) is 3.65. The fourth-order valence-electron chi connectivity index (χ4n) is 2.02. The van der Waals surface area contributed by atoms with Gasteiger partial charge >= 0.3 is 6.09 Å². The van der Waals surface area contributed by atoms with Crippen molar-refractivity contribution < 1.29 is 19.2 Å². The summed E-state index contributed by atoms with van der Waals surface area (Å²) in [6.07, 6.45) is 1.59. The summed E-state index contributed by atoms with van der Waals surface area (Å²) in [5.74, 6) is 0. The SMILES string of the molecule is CC(C)(C)OC(=O)Nc1ccc[n+]2c1C[C@H](O)C2. The molecule has 1 amide bonds. The molecule has 0 saturated heterocycles. The molecule has 0 saturated carbocycles. The molecule has 18 heavy (non-hydrogen) atoms. The molecule has 1 atom stereocenters. The Labute approximate surface area is 106 Å². The van der Waals surface area contributed by atoms with Crippen molar-refractivity contribution in [3.8, 4) is 0 Å². The molecule has 0 fully saturated rings. The topological polar surface area (TPSA) is 62.4 Å². The Morgan fingerprint density at radius 3 is 2.94 bits per heavy atom. The first-order valence-electron chi connectivity index (χ1n) is 6.04. The monoisotopic (exact) mass is 251 g/mol. The van der Waals surface area contributed by atoms with E-state index in [1.807, 2.05) is 43.7 Å². The minimum Gasteiger partial charge on any atom is -0.444 e. The van der Waals surface area contributed by atoms with Crippen LogP contribution in [0.4, 0.5) is 10.5 Å². The molecule has 0 aromatic carbocycles. The van der Waals surface area contributed by atoms with Gasteiger partial charge in [0.1, 0.15) is 17.4 Å². The highest BCUT2D eigenvalue weighted by Gasteiger charge is 2.30. The van der Waals surface area contributed by atoms with Crippen LogP contribution in [0.2, 0.25) is 0 Å². The number of hydrogen-bond donors (Lipinski definition) is 2. The average molecular weight is 251 g/mol. The minimum absolute atomic E-state index is 0.383. The van der Waals surface area contributed by atoms with Crippen molar-refractivity contribution in [1.82, 2.24) is 0 Å². The first-order valence-corrected chi connectivity index (χ1v) is 6.04. The lowest BCUT2D eigenvalue weighted by Gasteiger charge is -2.19. The van der Waals surface area contributed by atoms with Crippen LogP contribution in [0.25, 0.3) is 0 Å². The van der Waals surface area contributed by atoms with Gasteiger partial charge in [0.05, 0.1) is 6.42 Å². The van der Waals surface area contributed by atoms with Crippen LogP contribution in [-0.4, -0.2) is 22.9 Å². The zero-order chi connectivity index (χ0) is 13.3. The van der Waals surface area contributed by atoms with Gasteiger partial charge in [0.15, 0.2) is 12.7 Å². The molecule has 5 nitrogen and oxygen atoms in total. The summed E-state index contributed by atoms with van der Waals surface area (Å²) in [4.78, 5) is 11.7. The lowest BCUT2D eigenvalue weighted by molar-refractivity contribution is -0.694. The van der Waals surface area contributed by atoms with Gasteiger partial charge in [-0.2, -0.15) is 4.57 Å². The quantitative estimate of drug-likeness (QED) is 0.738. The number of hydrogen-bond acceptors (Lipinski definition) is 3. The summed E-state index contributed by atoms with van der Waals surface area (Å²) in [6.45, 7) is 6.03. The summed E-state index contributed by atoms with van der Waals surface area (Å²) in [7, 11) is 0. The van der Waals surface area contributed by atoms with Crippen LogP contribution >= 0.6 is 0 Å². The van der Waals surface area contributed by atoms with E-state index in [1.54, 1.807) is 0 Å². The maximum Gasteiger partial charge on any atom is 0.412 e. The van der Waals surface area contributed by atoms with Gasteiger partial charge in [0, 0.05) is 6.07 Å².